The van der Waals surface area contributed by atoms with Crippen LogP contribution in [-0.2, 0) is 9.59 Å². The highest BCUT2D eigenvalue weighted by Gasteiger charge is 2.39. The zero-order chi connectivity index (χ0) is 19.7. The number of carboxylic acids is 1. The summed E-state index contributed by atoms with van der Waals surface area (Å²) in [5.41, 5.74) is 2.04. The van der Waals surface area contributed by atoms with Gasteiger partial charge in [-0.2, -0.15) is 0 Å². The number of furan rings is 1. The van der Waals surface area contributed by atoms with Crippen molar-refractivity contribution in [3.05, 3.63) is 51.0 Å². The molecule has 140 valence electrons. The number of carbonyl (C=O) groups excluding carboxylic acids is 1. The molecule has 1 atom stereocenters. The van der Waals surface area contributed by atoms with Crippen LogP contribution in [0.5, 0.6) is 0 Å². The summed E-state index contributed by atoms with van der Waals surface area (Å²) in [5.74, 6) is -0.310. The number of nitrogens with zero attached hydrogens (tertiary/aromatic N) is 1. The van der Waals surface area contributed by atoms with E-state index in [2.05, 4.69) is 15.9 Å². The van der Waals surface area contributed by atoms with E-state index in [-0.39, 0.29) is 10.7 Å². The SMILES string of the molecule is CCC(C(=O)O)N1C(=O)/C(=C\c2ccc(-c3ccc(C)cc3Br)o2)SC1=S. The Morgan fingerprint density at radius 3 is 2.78 bits per heavy atom. The van der Waals surface area contributed by atoms with Crippen molar-refractivity contribution in [2.24, 2.45) is 0 Å². The van der Waals surface area contributed by atoms with Crippen LogP contribution in [0.3, 0.4) is 0 Å². The maximum absolute atomic E-state index is 12.6. The average molecular weight is 466 g/mol. The number of carboxylic acid groups (broad SMARTS) is 1. The summed E-state index contributed by atoms with van der Waals surface area (Å²) in [4.78, 5) is 25.5. The molecule has 0 saturated carbocycles. The summed E-state index contributed by atoms with van der Waals surface area (Å²) in [6.07, 6.45) is 1.88. The van der Waals surface area contributed by atoms with E-state index in [0.29, 0.717) is 16.4 Å². The lowest BCUT2D eigenvalue weighted by atomic mass is 10.1. The normalized spacial score (nSPS) is 17.0. The van der Waals surface area contributed by atoms with Gasteiger partial charge < -0.3 is 9.52 Å². The van der Waals surface area contributed by atoms with Gasteiger partial charge in [0.25, 0.3) is 5.91 Å². The summed E-state index contributed by atoms with van der Waals surface area (Å²) >= 11 is 9.83. The van der Waals surface area contributed by atoms with Crippen molar-refractivity contribution in [2.75, 3.05) is 0 Å². The Morgan fingerprint density at radius 2 is 2.15 bits per heavy atom. The highest BCUT2D eigenvalue weighted by atomic mass is 79.9. The molecule has 2 aromatic rings. The first-order chi connectivity index (χ1) is 12.8. The first-order valence-electron chi connectivity index (χ1n) is 8.18. The quantitative estimate of drug-likeness (QED) is 0.490. The molecule has 1 aliphatic heterocycles. The number of thioether (sulfide) groups is 1. The number of aryl methyl sites for hydroxylation is 1. The summed E-state index contributed by atoms with van der Waals surface area (Å²) in [7, 11) is 0. The summed E-state index contributed by atoms with van der Waals surface area (Å²) in [6.45, 7) is 3.71. The molecule has 1 aromatic heterocycles. The van der Waals surface area contributed by atoms with Crippen LogP contribution >= 0.6 is 39.9 Å². The minimum Gasteiger partial charge on any atom is -0.480 e. The summed E-state index contributed by atoms with van der Waals surface area (Å²) in [5, 5.41) is 9.31. The molecule has 5 nitrogen and oxygen atoms in total. The molecule has 8 heteroatoms. The zero-order valence-electron chi connectivity index (χ0n) is 14.6. The molecule has 1 saturated heterocycles. The standard InChI is InChI=1S/C19H16BrNO4S2/c1-3-14(18(23)24)21-17(22)16(27-19(21)26)9-11-5-7-15(25-11)12-6-4-10(2)8-13(12)20/h4-9,14H,3H2,1-2H3,(H,23,24)/b16-9+. The second kappa shape index (κ2) is 8.00. The predicted molar refractivity (Wildman–Crippen MR) is 113 cm³/mol. The van der Waals surface area contributed by atoms with Crippen LogP contribution in [0.15, 0.2) is 44.1 Å². The van der Waals surface area contributed by atoms with Gasteiger partial charge >= 0.3 is 5.97 Å². The van der Waals surface area contributed by atoms with Crippen molar-refractivity contribution in [3.8, 4) is 11.3 Å². The van der Waals surface area contributed by atoms with E-state index in [0.717, 1.165) is 32.3 Å². The van der Waals surface area contributed by atoms with Gasteiger partial charge in [0, 0.05) is 16.1 Å². The fourth-order valence-corrected chi connectivity index (χ4v) is 4.77. The maximum atomic E-state index is 12.6. The van der Waals surface area contributed by atoms with E-state index < -0.39 is 17.9 Å². The minimum atomic E-state index is -1.07. The molecule has 1 N–H and O–H groups in total. The van der Waals surface area contributed by atoms with E-state index in [1.165, 1.54) is 0 Å². The molecule has 27 heavy (non-hydrogen) atoms. The van der Waals surface area contributed by atoms with Crippen LogP contribution in [0.2, 0.25) is 0 Å². The first-order valence-corrected chi connectivity index (χ1v) is 10.2. The number of halogens is 1. The van der Waals surface area contributed by atoms with Crippen molar-refractivity contribution in [2.45, 2.75) is 26.3 Å². The Bertz CT molecular complexity index is 966. The molecule has 1 aromatic carbocycles. The van der Waals surface area contributed by atoms with Gasteiger partial charge in [0.05, 0.1) is 4.91 Å². The van der Waals surface area contributed by atoms with Gasteiger partial charge in [-0.3, -0.25) is 9.69 Å². The Labute approximate surface area is 174 Å². The molecule has 1 fully saturated rings. The second-order valence-corrected chi connectivity index (χ2v) is 8.53. The molecule has 0 aliphatic carbocycles. The van der Waals surface area contributed by atoms with Crippen LogP contribution in [0, 0.1) is 6.92 Å². The monoisotopic (exact) mass is 465 g/mol. The number of carbonyl (C=O) groups is 2. The highest BCUT2D eigenvalue weighted by Crippen LogP contribution is 2.36. The van der Waals surface area contributed by atoms with Crippen molar-refractivity contribution in [1.82, 2.24) is 4.90 Å². The third-order valence-corrected chi connectivity index (χ3v) is 6.08. The molecule has 1 amide bonds. The highest BCUT2D eigenvalue weighted by molar-refractivity contribution is 9.10. The van der Waals surface area contributed by atoms with Crippen LogP contribution in [-0.4, -0.2) is 32.2 Å². The molecule has 2 heterocycles. The molecule has 3 rings (SSSR count). The summed E-state index contributed by atoms with van der Waals surface area (Å²) < 4.78 is 7.02. The van der Waals surface area contributed by atoms with E-state index in [1.807, 2.05) is 31.2 Å². The van der Waals surface area contributed by atoms with Crippen LogP contribution in [0.4, 0.5) is 0 Å². The first kappa shape index (κ1) is 19.9. The Kier molecular flexibility index (Phi) is 5.88. The molecular formula is C19H16BrNO4S2. The van der Waals surface area contributed by atoms with E-state index in [4.69, 9.17) is 16.6 Å². The third-order valence-electron chi connectivity index (χ3n) is 4.10. The van der Waals surface area contributed by atoms with Crippen LogP contribution < -0.4 is 0 Å². The molecule has 0 radical (unpaired) electrons. The van der Waals surface area contributed by atoms with Gasteiger partial charge in [-0.05, 0) is 43.2 Å². The number of aliphatic carboxylic acids is 1. The predicted octanol–water partition coefficient (Wildman–Crippen LogP) is 5.08. The van der Waals surface area contributed by atoms with Crippen LogP contribution in [0.25, 0.3) is 17.4 Å². The Hall–Kier alpha value is -1.90. The second-order valence-electron chi connectivity index (χ2n) is 6.00. The third kappa shape index (κ3) is 4.02. The topological polar surface area (TPSA) is 70.8 Å². The van der Waals surface area contributed by atoms with Crippen molar-refractivity contribution in [3.63, 3.8) is 0 Å². The molecule has 1 unspecified atom stereocenters. The van der Waals surface area contributed by atoms with Gasteiger partial charge in [-0.15, -0.1) is 0 Å². The number of amides is 1. The Morgan fingerprint density at radius 1 is 1.41 bits per heavy atom. The average Bonchev–Trinajstić information content (AvgIpc) is 3.15. The largest absolute Gasteiger partial charge is 0.480 e. The Balaban J connectivity index is 1.88. The smallest absolute Gasteiger partial charge is 0.326 e. The van der Waals surface area contributed by atoms with E-state index in [9.17, 15) is 14.7 Å². The van der Waals surface area contributed by atoms with Crippen molar-refractivity contribution < 1.29 is 19.1 Å². The number of hydrogen-bond donors (Lipinski definition) is 1. The van der Waals surface area contributed by atoms with Gasteiger partial charge in [0.2, 0.25) is 0 Å². The number of hydrogen-bond acceptors (Lipinski definition) is 5. The lowest BCUT2D eigenvalue weighted by Gasteiger charge is -2.21. The van der Waals surface area contributed by atoms with Gasteiger partial charge in [0.15, 0.2) is 0 Å². The summed E-state index contributed by atoms with van der Waals surface area (Å²) in [6, 6.07) is 8.58. The molecule has 0 bridgehead atoms. The van der Waals surface area contributed by atoms with Crippen molar-refractivity contribution >= 4 is 62.2 Å². The van der Waals surface area contributed by atoms with Gasteiger partial charge in [-0.1, -0.05) is 52.9 Å². The maximum Gasteiger partial charge on any atom is 0.326 e. The van der Waals surface area contributed by atoms with E-state index >= 15 is 0 Å². The van der Waals surface area contributed by atoms with Crippen LogP contribution in [0.1, 0.15) is 24.7 Å². The van der Waals surface area contributed by atoms with Gasteiger partial charge in [-0.25, -0.2) is 4.79 Å². The molecular weight excluding hydrogens is 450 g/mol. The lowest BCUT2D eigenvalue weighted by molar-refractivity contribution is -0.145. The minimum absolute atomic E-state index is 0.244. The van der Waals surface area contributed by atoms with E-state index in [1.54, 1.807) is 19.1 Å². The fourth-order valence-electron chi connectivity index (χ4n) is 2.74. The zero-order valence-corrected chi connectivity index (χ0v) is 17.8. The van der Waals surface area contributed by atoms with Gasteiger partial charge in [0.1, 0.15) is 21.9 Å². The number of thiocarbonyl (C=S) groups is 1. The van der Waals surface area contributed by atoms with Crippen molar-refractivity contribution in [1.29, 1.82) is 0 Å². The fraction of sp³-hybridized carbons (Fsp3) is 0.211. The molecule has 1 aliphatic rings. The molecule has 0 spiro atoms. The lowest BCUT2D eigenvalue weighted by Crippen LogP contribution is -2.43. The number of benzene rings is 1. The number of rotatable bonds is 5.